The predicted molar refractivity (Wildman–Crippen MR) is 115 cm³/mol. The SMILES string of the molecule is CCOC(=O)c1ccc(S(=O)(=O)N2CCC(C(=O)NC34CC5CC(CC(C5)C3)C4)CC2)o1. The van der Waals surface area contributed by atoms with Crippen molar-refractivity contribution in [3.63, 3.8) is 0 Å². The van der Waals surface area contributed by atoms with Gasteiger partial charge in [0.1, 0.15) is 0 Å². The van der Waals surface area contributed by atoms with Crippen LogP contribution in [0, 0.1) is 23.7 Å². The van der Waals surface area contributed by atoms with E-state index in [1.807, 2.05) is 0 Å². The molecule has 0 aromatic carbocycles. The monoisotopic (exact) mass is 464 g/mol. The highest BCUT2D eigenvalue weighted by atomic mass is 32.2. The van der Waals surface area contributed by atoms with Crippen LogP contribution >= 0.6 is 0 Å². The second kappa shape index (κ2) is 8.17. The van der Waals surface area contributed by atoms with Crippen LogP contribution in [0.5, 0.6) is 0 Å². The van der Waals surface area contributed by atoms with E-state index in [2.05, 4.69) is 5.32 Å². The molecule has 5 aliphatic rings. The van der Waals surface area contributed by atoms with Crippen molar-refractivity contribution in [2.24, 2.45) is 23.7 Å². The van der Waals surface area contributed by atoms with Crippen molar-refractivity contribution in [1.29, 1.82) is 0 Å². The van der Waals surface area contributed by atoms with Gasteiger partial charge in [0.05, 0.1) is 6.61 Å². The lowest BCUT2D eigenvalue weighted by Gasteiger charge is -2.57. The molecule has 5 fully saturated rings. The third-order valence-electron chi connectivity index (χ3n) is 7.90. The first-order chi connectivity index (χ1) is 15.3. The Morgan fingerprint density at radius 1 is 1.09 bits per heavy atom. The normalized spacial score (nSPS) is 32.7. The molecule has 1 aromatic heterocycles. The van der Waals surface area contributed by atoms with E-state index in [0.29, 0.717) is 12.8 Å². The summed E-state index contributed by atoms with van der Waals surface area (Å²) >= 11 is 0. The second-order valence-electron chi connectivity index (χ2n) is 10.2. The number of hydrogen-bond acceptors (Lipinski definition) is 6. The van der Waals surface area contributed by atoms with Gasteiger partial charge in [-0.15, -0.1) is 0 Å². The van der Waals surface area contributed by atoms with Gasteiger partial charge in [0, 0.05) is 24.5 Å². The summed E-state index contributed by atoms with van der Waals surface area (Å²) in [5.74, 6) is 1.40. The standard InChI is InChI=1S/C23H32N2O6S/c1-2-30-22(27)19-3-4-20(31-19)32(28,29)25-7-5-18(6-8-25)21(26)24-23-12-15-9-16(13-23)11-17(10-15)14-23/h3-4,15-18H,2,5-14H2,1H3,(H,24,26). The maximum Gasteiger partial charge on any atom is 0.374 e. The Balaban J connectivity index is 1.19. The fourth-order valence-corrected chi connectivity index (χ4v) is 8.26. The number of nitrogens with one attached hydrogen (secondary N) is 1. The molecule has 0 unspecified atom stereocenters. The molecule has 0 atom stereocenters. The van der Waals surface area contributed by atoms with Crippen LogP contribution < -0.4 is 5.32 Å². The lowest BCUT2D eigenvalue weighted by Crippen LogP contribution is -2.61. The van der Waals surface area contributed by atoms with Crippen molar-refractivity contribution in [1.82, 2.24) is 9.62 Å². The molecule has 4 saturated carbocycles. The first-order valence-electron chi connectivity index (χ1n) is 11.9. The number of furan rings is 1. The number of amides is 1. The van der Waals surface area contributed by atoms with Crippen molar-refractivity contribution in [2.75, 3.05) is 19.7 Å². The number of esters is 1. The zero-order chi connectivity index (χ0) is 22.5. The molecule has 0 radical (unpaired) electrons. The largest absolute Gasteiger partial charge is 0.460 e. The summed E-state index contributed by atoms with van der Waals surface area (Å²) in [5, 5.41) is 3.16. The van der Waals surface area contributed by atoms with E-state index in [4.69, 9.17) is 9.15 Å². The quantitative estimate of drug-likeness (QED) is 0.649. The molecule has 8 nitrogen and oxygen atoms in total. The maximum atomic E-state index is 13.1. The number of rotatable bonds is 6. The van der Waals surface area contributed by atoms with Gasteiger partial charge in [-0.3, -0.25) is 4.79 Å². The van der Waals surface area contributed by atoms with Gasteiger partial charge < -0.3 is 14.5 Å². The molecule has 4 aliphatic carbocycles. The molecule has 32 heavy (non-hydrogen) atoms. The van der Waals surface area contributed by atoms with E-state index in [1.165, 1.54) is 35.7 Å². The van der Waals surface area contributed by atoms with Crippen molar-refractivity contribution >= 4 is 21.9 Å². The lowest BCUT2D eigenvalue weighted by molar-refractivity contribution is -0.132. The van der Waals surface area contributed by atoms with Gasteiger partial charge in [-0.2, -0.15) is 4.31 Å². The highest BCUT2D eigenvalue weighted by Crippen LogP contribution is 2.55. The summed E-state index contributed by atoms with van der Waals surface area (Å²) in [4.78, 5) is 24.9. The molecule has 9 heteroatoms. The summed E-state index contributed by atoms with van der Waals surface area (Å²) in [5.41, 5.74) is -0.0211. The van der Waals surface area contributed by atoms with Crippen LogP contribution in [0.2, 0.25) is 0 Å². The first-order valence-corrected chi connectivity index (χ1v) is 13.3. The molecule has 1 aromatic rings. The van der Waals surface area contributed by atoms with E-state index in [0.717, 1.165) is 37.0 Å². The minimum absolute atomic E-state index is 0.0211. The highest BCUT2D eigenvalue weighted by molar-refractivity contribution is 7.89. The van der Waals surface area contributed by atoms with Gasteiger partial charge in [-0.05, 0) is 88.2 Å². The number of hydrogen-bond donors (Lipinski definition) is 1. The van der Waals surface area contributed by atoms with E-state index in [-0.39, 0.29) is 47.9 Å². The molecule has 1 N–H and O–H groups in total. The minimum atomic E-state index is -3.86. The van der Waals surface area contributed by atoms with Crippen LogP contribution in [0.4, 0.5) is 0 Å². The molecule has 4 bridgehead atoms. The van der Waals surface area contributed by atoms with Crippen molar-refractivity contribution < 1.29 is 27.2 Å². The third-order valence-corrected chi connectivity index (χ3v) is 9.68. The van der Waals surface area contributed by atoms with E-state index < -0.39 is 16.0 Å². The number of carbonyl (C=O) groups excluding carboxylic acids is 2. The summed E-state index contributed by atoms with van der Waals surface area (Å²) in [6.45, 7) is 2.37. The van der Waals surface area contributed by atoms with Crippen LogP contribution in [0.15, 0.2) is 21.6 Å². The summed E-state index contributed by atoms with van der Waals surface area (Å²) in [6, 6.07) is 2.60. The Bertz CT molecular complexity index is 957. The Morgan fingerprint density at radius 2 is 1.69 bits per heavy atom. The molecular weight excluding hydrogens is 432 g/mol. The summed E-state index contributed by atoms with van der Waals surface area (Å²) in [6.07, 6.45) is 8.30. The van der Waals surface area contributed by atoms with Crippen LogP contribution in [0.3, 0.4) is 0 Å². The molecule has 176 valence electrons. The first kappa shape index (κ1) is 21.9. The Kier molecular flexibility index (Phi) is 5.60. The van der Waals surface area contributed by atoms with Crippen molar-refractivity contribution in [3.05, 3.63) is 17.9 Å². The van der Waals surface area contributed by atoms with Gasteiger partial charge in [-0.1, -0.05) is 0 Å². The smallest absolute Gasteiger partial charge is 0.374 e. The third kappa shape index (κ3) is 3.98. The summed E-state index contributed by atoms with van der Waals surface area (Å²) in [7, 11) is -3.86. The Morgan fingerprint density at radius 3 is 2.25 bits per heavy atom. The topological polar surface area (TPSA) is 106 Å². The molecule has 2 heterocycles. The number of ether oxygens (including phenoxy) is 1. The Hall–Kier alpha value is -1.87. The average molecular weight is 465 g/mol. The van der Waals surface area contributed by atoms with Gasteiger partial charge in [0.15, 0.2) is 0 Å². The number of sulfonamides is 1. The van der Waals surface area contributed by atoms with E-state index in [1.54, 1.807) is 6.92 Å². The van der Waals surface area contributed by atoms with Gasteiger partial charge in [-0.25, -0.2) is 13.2 Å². The fourth-order valence-electron chi connectivity index (χ4n) is 6.88. The van der Waals surface area contributed by atoms with Crippen molar-refractivity contribution in [3.8, 4) is 0 Å². The van der Waals surface area contributed by atoms with Crippen molar-refractivity contribution in [2.45, 2.75) is 68.9 Å². The molecule has 1 aliphatic heterocycles. The molecule has 1 amide bonds. The highest BCUT2D eigenvalue weighted by Gasteiger charge is 2.52. The van der Waals surface area contributed by atoms with Crippen LogP contribution in [0.25, 0.3) is 0 Å². The lowest BCUT2D eigenvalue weighted by atomic mass is 9.53. The van der Waals surface area contributed by atoms with Crippen LogP contribution in [-0.4, -0.2) is 49.8 Å². The summed E-state index contributed by atoms with van der Waals surface area (Å²) < 4.78 is 37.3. The van der Waals surface area contributed by atoms with Crippen LogP contribution in [-0.2, 0) is 19.6 Å². The minimum Gasteiger partial charge on any atom is -0.460 e. The zero-order valence-electron chi connectivity index (χ0n) is 18.5. The number of nitrogens with zero attached hydrogens (tertiary/aromatic N) is 1. The Labute approximate surface area is 189 Å². The van der Waals surface area contributed by atoms with Crippen LogP contribution in [0.1, 0.15) is 68.8 Å². The number of carbonyl (C=O) groups is 2. The second-order valence-corrected chi connectivity index (χ2v) is 12.1. The predicted octanol–water partition coefficient (Wildman–Crippen LogP) is 2.94. The maximum absolute atomic E-state index is 13.1. The van der Waals surface area contributed by atoms with E-state index >= 15 is 0 Å². The average Bonchev–Trinajstić information content (AvgIpc) is 3.24. The molecule has 0 spiro atoms. The van der Waals surface area contributed by atoms with Gasteiger partial charge >= 0.3 is 5.97 Å². The van der Waals surface area contributed by atoms with Gasteiger partial charge in [0.2, 0.25) is 16.8 Å². The van der Waals surface area contributed by atoms with E-state index in [9.17, 15) is 18.0 Å². The fraction of sp³-hybridized carbons (Fsp3) is 0.739. The number of piperidine rings is 1. The molecular formula is C23H32N2O6S. The molecule has 6 rings (SSSR count). The van der Waals surface area contributed by atoms with Gasteiger partial charge in [0.25, 0.3) is 10.0 Å². The zero-order valence-corrected chi connectivity index (χ0v) is 19.4. The molecule has 1 saturated heterocycles.